The van der Waals surface area contributed by atoms with Crippen molar-refractivity contribution >= 4 is 11.6 Å². The van der Waals surface area contributed by atoms with Crippen LogP contribution >= 0.6 is 0 Å². The van der Waals surface area contributed by atoms with E-state index in [1.165, 1.54) is 12.1 Å². The molecule has 0 aromatic carbocycles. The van der Waals surface area contributed by atoms with Gasteiger partial charge in [0.25, 0.3) is 11.1 Å². The van der Waals surface area contributed by atoms with E-state index in [1.54, 1.807) is 13.8 Å². The Kier molecular flexibility index (Phi) is 2.65. The average Bonchev–Trinajstić information content (AvgIpc) is 3.26. The Morgan fingerprint density at radius 3 is 1.63 bits per heavy atom. The maximum atomic E-state index is 13.0. The second kappa shape index (κ2) is 4.44. The van der Waals surface area contributed by atoms with Gasteiger partial charge in [-0.15, -0.1) is 0 Å². The molecular weight excluding hydrogens is 352 g/mol. The quantitative estimate of drug-likeness (QED) is 0.722. The third kappa shape index (κ3) is 1.33. The number of carbonyl (C=O) groups is 2. The van der Waals surface area contributed by atoms with Crippen LogP contribution in [-0.2, 0) is 20.9 Å². The Hall–Kier alpha value is -3.04. The summed E-state index contributed by atoms with van der Waals surface area (Å²) in [5.41, 5.74) is 6.83. The van der Waals surface area contributed by atoms with Crippen molar-refractivity contribution in [2.75, 3.05) is 0 Å². The van der Waals surface area contributed by atoms with Crippen molar-refractivity contribution in [3.63, 3.8) is 0 Å². The summed E-state index contributed by atoms with van der Waals surface area (Å²) in [5.74, 6) is -0.703. The fourth-order valence-electron chi connectivity index (χ4n) is 5.80. The standard InChI is InChI=1S/C17H18N6O4/c1-9-7-13(26)21(19-9)16-11(24)3-5-15(16)6-4-12(25)17(15,23(16)18)22-14(27)8-10(2)20-22/h7-8,19-20H,3-6H2,1-2H3. The van der Waals surface area contributed by atoms with Gasteiger partial charge in [0.05, 0.1) is 0 Å². The Bertz CT molecular complexity index is 1090. The minimum absolute atomic E-state index is 0.102. The van der Waals surface area contributed by atoms with Gasteiger partial charge in [-0.1, -0.05) is 0 Å². The second-order valence-corrected chi connectivity index (χ2v) is 7.81. The topological polar surface area (TPSA) is 135 Å². The van der Waals surface area contributed by atoms with E-state index in [0.717, 1.165) is 9.36 Å². The lowest BCUT2D eigenvalue weighted by Gasteiger charge is -2.59. The van der Waals surface area contributed by atoms with Gasteiger partial charge in [-0.25, -0.2) is 0 Å². The summed E-state index contributed by atoms with van der Waals surface area (Å²) in [5, 5.41) is 5.71. The number of nitrogens with one attached hydrogen (secondary N) is 2. The van der Waals surface area contributed by atoms with Gasteiger partial charge in [-0.05, 0) is 26.7 Å². The summed E-state index contributed by atoms with van der Waals surface area (Å²) in [6.07, 6.45) is 0.795. The van der Waals surface area contributed by atoms with Gasteiger partial charge in [-0.2, -0.15) is 9.36 Å². The fraction of sp³-hybridized carbons (Fsp3) is 0.529. The molecule has 3 fully saturated rings. The molecular formula is C17H18N6O4. The number of rotatable bonds is 2. The predicted octanol–water partition coefficient (Wildman–Crippen LogP) is 0.0487. The highest BCUT2D eigenvalue weighted by atomic mass is 16.2. The molecule has 1 saturated heterocycles. The van der Waals surface area contributed by atoms with Crippen LogP contribution in [0.4, 0.5) is 0 Å². The van der Waals surface area contributed by atoms with Gasteiger partial charge >= 0.3 is 11.3 Å². The number of Topliss-reactive ketones (excluding diaryl/α,β-unsaturated/α-hetero) is 2. The Labute approximate surface area is 152 Å². The highest BCUT2D eigenvalue weighted by Crippen LogP contribution is 2.73. The molecule has 10 nitrogen and oxygen atoms in total. The third-order valence-electron chi connectivity index (χ3n) is 6.63. The molecule has 2 aliphatic carbocycles. The zero-order valence-corrected chi connectivity index (χ0v) is 14.9. The summed E-state index contributed by atoms with van der Waals surface area (Å²) in [7, 11) is 0. The van der Waals surface area contributed by atoms with Crippen molar-refractivity contribution in [1.82, 2.24) is 19.6 Å². The van der Waals surface area contributed by atoms with E-state index in [-0.39, 0.29) is 24.4 Å². The van der Waals surface area contributed by atoms with E-state index in [2.05, 4.69) is 10.2 Å². The molecule has 0 amide bonds. The van der Waals surface area contributed by atoms with Gasteiger partial charge in [0.2, 0.25) is 11.6 Å². The molecule has 3 heterocycles. The molecule has 0 radical (unpaired) electrons. The van der Waals surface area contributed by atoms with Crippen LogP contribution in [-0.4, -0.2) is 35.8 Å². The summed E-state index contributed by atoms with van der Waals surface area (Å²) in [6.45, 7) is 3.35. The van der Waals surface area contributed by atoms with Crippen molar-refractivity contribution in [2.45, 2.75) is 50.9 Å². The number of nitrogens with zero attached hydrogens (tertiary/aromatic N) is 4. The Balaban J connectivity index is 1.88. The van der Waals surface area contributed by atoms with Gasteiger partial charge in [0, 0.05) is 36.4 Å². The zero-order valence-electron chi connectivity index (χ0n) is 14.9. The van der Waals surface area contributed by atoms with E-state index in [4.69, 9.17) is 0 Å². The van der Waals surface area contributed by atoms with Crippen LogP contribution in [0.5, 0.6) is 0 Å². The van der Waals surface area contributed by atoms with E-state index >= 15 is 0 Å². The number of aryl methyl sites for hydroxylation is 2. The van der Waals surface area contributed by atoms with Crippen LogP contribution in [0.1, 0.15) is 37.1 Å². The molecule has 2 saturated carbocycles. The zero-order chi connectivity index (χ0) is 19.4. The summed E-state index contributed by atoms with van der Waals surface area (Å²) < 4.78 is 2.88. The molecule has 1 spiro atoms. The Morgan fingerprint density at radius 2 is 1.30 bits per heavy atom. The van der Waals surface area contributed by atoms with Crippen molar-refractivity contribution in [3.8, 4) is 0 Å². The molecule has 5 rings (SSSR count). The van der Waals surface area contributed by atoms with Crippen LogP contribution in [0.2, 0.25) is 0 Å². The highest BCUT2D eigenvalue weighted by Gasteiger charge is 2.95. The molecule has 27 heavy (non-hydrogen) atoms. The molecule has 2 atom stereocenters. The predicted molar refractivity (Wildman–Crippen MR) is 90.1 cm³/mol. The van der Waals surface area contributed by atoms with Crippen molar-refractivity contribution in [1.29, 1.82) is 0 Å². The number of H-pyrrole nitrogens is 2. The third-order valence-corrected chi connectivity index (χ3v) is 6.63. The van der Waals surface area contributed by atoms with Crippen molar-refractivity contribution in [3.05, 3.63) is 49.8 Å². The number of aromatic nitrogens is 4. The van der Waals surface area contributed by atoms with Crippen LogP contribution in [0.15, 0.2) is 21.7 Å². The number of hydrogen-bond donors (Lipinski definition) is 2. The first-order valence-corrected chi connectivity index (χ1v) is 8.87. The lowest BCUT2D eigenvalue weighted by atomic mass is 9.60. The van der Waals surface area contributed by atoms with Gasteiger partial charge < -0.3 is 5.53 Å². The number of ketones is 2. The first-order chi connectivity index (χ1) is 12.7. The molecule has 2 aromatic heterocycles. The smallest absolute Gasteiger partial charge is 0.324 e. The van der Waals surface area contributed by atoms with Crippen molar-refractivity contribution in [2.24, 2.45) is 5.41 Å². The van der Waals surface area contributed by atoms with Crippen molar-refractivity contribution < 1.29 is 14.3 Å². The average molecular weight is 370 g/mol. The van der Waals surface area contributed by atoms with E-state index < -0.39 is 27.9 Å². The molecule has 10 heteroatoms. The number of carbonyl (C=O) groups excluding carboxylic acids is 2. The van der Waals surface area contributed by atoms with E-state index in [1.807, 2.05) is 0 Å². The van der Waals surface area contributed by atoms with Crippen LogP contribution in [0.25, 0.3) is 5.53 Å². The minimum Gasteiger partial charge on any atom is -0.502 e. The summed E-state index contributed by atoms with van der Waals surface area (Å²) >= 11 is 0. The lowest BCUT2D eigenvalue weighted by Crippen LogP contribution is -2.84. The van der Waals surface area contributed by atoms with Gasteiger partial charge in [0.1, 0.15) is 0 Å². The van der Waals surface area contributed by atoms with Gasteiger partial charge in [-0.3, -0.25) is 34.1 Å². The maximum Gasteiger partial charge on any atom is 0.324 e. The number of aromatic amines is 2. The first-order valence-electron chi connectivity index (χ1n) is 8.87. The SMILES string of the molecule is Cc1cc(=O)n(C23C(=O)CCC24CCC(=O)C4(n2[nH]c(C)cc2=O)[N+]3=[N-])[nH]1. The van der Waals surface area contributed by atoms with Gasteiger partial charge in [0.15, 0.2) is 5.41 Å². The summed E-state index contributed by atoms with van der Waals surface area (Å²) in [4.78, 5) is 51.2. The number of hydrogen-bond acceptors (Lipinski definition) is 4. The molecule has 140 valence electrons. The Morgan fingerprint density at radius 1 is 0.889 bits per heavy atom. The van der Waals surface area contributed by atoms with E-state index in [9.17, 15) is 24.7 Å². The molecule has 0 bridgehead atoms. The highest BCUT2D eigenvalue weighted by molar-refractivity contribution is 5.97. The minimum atomic E-state index is -1.72. The monoisotopic (exact) mass is 370 g/mol. The van der Waals surface area contributed by atoms with Crippen LogP contribution < -0.4 is 11.1 Å². The van der Waals surface area contributed by atoms with Crippen LogP contribution in [0.3, 0.4) is 0 Å². The largest absolute Gasteiger partial charge is 0.502 e. The first kappa shape index (κ1) is 16.2. The molecule has 2 aromatic rings. The normalized spacial score (nSPS) is 34.7. The molecule has 3 aliphatic rings. The molecule has 1 aliphatic heterocycles. The van der Waals surface area contributed by atoms with E-state index in [0.29, 0.717) is 28.9 Å². The summed E-state index contributed by atoms with van der Waals surface area (Å²) in [6, 6.07) is 2.67. The maximum absolute atomic E-state index is 13.0. The lowest BCUT2D eigenvalue weighted by molar-refractivity contribution is -0.823. The molecule has 2 unspecified atom stereocenters. The second-order valence-electron chi connectivity index (χ2n) is 7.81. The fourth-order valence-corrected chi connectivity index (χ4v) is 5.80. The van der Waals surface area contributed by atoms with Crippen LogP contribution in [0, 0.1) is 19.3 Å². The molecule has 2 N–H and O–H groups in total.